The summed E-state index contributed by atoms with van der Waals surface area (Å²) in [5, 5.41) is 5.95. The first kappa shape index (κ1) is 22.2. The quantitative estimate of drug-likeness (QED) is 0.661. The number of nitrogens with one attached hydrogen (secondary N) is 2. The van der Waals surface area contributed by atoms with Gasteiger partial charge >= 0.3 is 0 Å². The molecule has 8 nitrogen and oxygen atoms in total. The van der Waals surface area contributed by atoms with Crippen LogP contribution in [0.3, 0.4) is 0 Å². The van der Waals surface area contributed by atoms with Crippen LogP contribution < -0.4 is 15.4 Å². The molecule has 4 aliphatic rings. The summed E-state index contributed by atoms with van der Waals surface area (Å²) < 4.78 is 6.57. The Morgan fingerprint density at radius 1 is 1.03 bits per heavy atom. The average molecular weight is 475 g/mol. The molecule has 0 aliphatic carbocycles. The van der Waals surface area contributed by atoms with Gasteiger partial charge in [0, 0.05) is 69.7 Å². The molecule has 1 unspecified atom stereocenters. The predicted octanol–water partition coefficient (Wildman–Crippen LogP) is 1.96. The fraction of sp³-hybridized carbons (Fsp3) is 0.444. The molecule has 3 amide bonds. The highest BCUT2D eigenvalue weighted by Crippen LogP contribution is 2.35. The molecule has 4 aliphatic heterocycles. The minimum Gasteiger partial charge on any atom is -0.486 e. The van der Waals surface area contributed by atoms with E-state index in [1.807, 2.05) is 18.2 Å². The molecular weight excluding hydrogens is 444 g/mol. The number of hydrogen-bond donors (Lipinski definition) is 2. The smallest absolute Gasteiger partial charge is 0.255 e. The number of imide groups is 1. The van der Waals surface area contributed by atoms with Crippen LogP contribution in [-0.2, 0) is 29.2 Å². The van der Waals surface area contributed by atoms with Crippen molar-refractivity contribution in [2.75, 3.05) is 19.6 Å². The lowest BCUT2D eigenvalue weighted by Gasteiger charge is -2.41. The molecule has 0 saturated carbocycles. The molecule has 0 aromatic heterocycles. The summed E-state index contributed by atoms with van der Waals surface area (Å²) in [5.41, 5.74) is 3.82. The molecule has 1 atom stereocenters. The maximum absolute atomic E-state index is 13.1. The number of rotatable bonds is 3. The molecule has 182 valence electrons. The third-order valence-electron chi connectivity index (χ3n) is 7.90. The maximum Gasteiger partial charge on any atom is 0.255 e. The van der Waals surface area contributed by atoms with Gasteiger partial charge in [-0.3, -0.25) is 24.6 Å². The third-order valence-corrected chi connectivity index (χ3v) is 7.90. The van der Waals surface area contributed by atoms with Gasteiger partial charge in [-0.05, 0) is 29.7 Å². The fourth-order valence-electron chi connectivity index (χ4n) is 5.88. The first-order valence-corrected chi connectivity index (χ1v) is 12.5. The molecule has 0 radical (unpaired) electrons. The largest absolute Gasteiger partial charge is 0.486 e. The summed E-state index contributed by atoms with van der Waals surface area (Å²) in [5.74, 6) is 0.226. The zero-order chi connectivity index (χ0) is 24.0. The number of benzene rings is 2. The van der Waals surface area contributed by atoms with Crippen molar-refractivity contribution in [2.24, 2.45) is 0 Å². The predicted molar refractivity (Wildman–Crippen MR) is 129 cm³/mol. The Morgan fingerprint density at radius 2 is 1.86 bits per heavy atom. The zero-order valence-corrected chi connectivity index (χ0v) is 19.7. The maximum atomic E-state index is 13.1. The zero-order valence-electron chi connectivity index (χ0n) is 19.7. The van der Waals surface area contributed by atoms with Crippen molar-refractivity contribution >= 4 is 17.7 Å². The van der Waals surface area contributed by atoms with Crippen LogP contribution in [0.2, 0.25) is 0 Å². The molecule has 35 heavy (non-hydrogen) atoms. The minimum atomic E-state index is -0.585. The van der Waals surface area contributed by atoms with E-state index in [4.69, 9.17) is 4.74 Å². The second-order valence-electron chi connectivity index (χ2n) is 10.1. The Bertz CT molecular complexity index is 1190. The number of hydrogen-bond acceptors (Lipinski definition) is 6. The molecular formula is C27H30N4O4. The highest BCUT2D eigenvalue weighted by Gasteiger charge is 2.41. The Balaban J connectivity index is 1.14. The number of fused-ring (bicyclic) bond motifs is 2. The van der Waals surface area contributed by atoms with E-state index in [2.05, 4.69) is 39.8 Å². The Labute approximate surface area is 204 Å². The van der Waals surface area contributed by atoms with Crippen LogP contribution in [0.1, 0.15) is 52.7 Å². The van der Waals surface area contributed by atoms with Gasteiger partial charge in [0.1, 0.15) is 17.4 Å². The molecule has 8 heteroatoms. The first-order valence-electron chi connectivity index (χ1n) is 12.5. The normalized spacial score (nSPS) is 23.9. The lowest BCUT2D eigenvalue weighted by atomic mass is 9.90. The highest BCUT2D eigenvalue weighted by molar-refractivity contribution is 6.05. The average Bonchev–Trinajstić information content (AvgIpc) is 3.08. The second-order valence-corrected chi connectivity index (χ2v) is 10.1. The Morgan fingerprint density at radius 3 is 2.69 bits per heavy atom. The van der Waals surface area contributed by atoms with E-state index in [1.165, 1.54) is 5.56 Å². The summed E-state index contributed by atoms with van der Waals surface area (Å²) in [6.07, 6.45) is 2.51. The van der Waals surface area contributed by atoms with Gasteiger partial charge in [0.25, 0.3) is 5.91 Å². The molecule has 2 fully saturated rings. The Kier molecular flexibility index (Phi) is 5.57. The van der Waals surface area contributed by atoms with Crippen LogP contribution in [0.25, 0.3) is 0 Å². The van der Waals surface area contributed by atoms with E-state index in [1.54, 1.807) is 4.90 Å². The summed E-state index contributed by atoms with van der Waals surface area (Å²) in [6, 6.07) is 13.5. The Hall–Kier alpha value is -3.23. The van der Waals surface area contributed by atoms with E-state index in [0.717, 1.165) is 62.4 Å². The van der Waals surface area contributed by atoms with Crippen LogP contribution in [-0.4, -0.2) is 58.8 Å². The number of ether oxygens (including phenoxy) is 1. The summed E-state index contributed by atoms with van der Waals surface area (Å²) in [6.45, 7) is 4.68. The van der Waals surface area contributed by atoms with Crippen molar-refractivity contribution in [3.63, 3.8) is 0 Å². The highest BCUT2D eigenvalue weighted by atomic mass is 16.5. The van der Waals surface area contributed by atoms with Crippen molar-refractivity contribution in [3.8, 4) is 5.75 Å². The van der Waals surface area contributed by atoms with Gasteiger partial charge < -0.3 is 15.0 Å². The molecule has 2 saturated heterocycles. The van der Waals surface area contributed by atoms with E-state index in [9.17, 15) is 14.4 Å². The van der Waals surface area contributed by atoms with E-state index < -0.39 is 6.04 Å². The first-order chi connectivity index (χ1) is 17.0. The number of likely N-dealkylation sites (tertiary alicyclic amines) is 1. The monoisotopic (exact) mass is 474 g/mol. The van der Waals surface area contributed by atoms with Gasteiger partial charge in [0.05, 0.1) is 0 Å². The lowest BCUT2D eigenvalue weighted by molar-refractivity contribution is -0.136. The lowest BCUT2D eigenvalue weighted by Crippen LogP contribution is -2.52. The summed E-state index contributed by atoms with van der Waals surface area (Å²) in [7, 11) is 0. The second kappa shape index (κ2) is 8.77. The van der Waals surface area contributed by atoms with Crippen molar-refractivity contribution in [1.29, 1.82) is 0 Å². The number of amides is 3. The van der Waals surface area contributed by atoms with Gasteiger partial charge in [0.15, 0.2) is 0 Å². The summed E-state index contributed by atoms with van der Waals surface area (Å²) in [4.78, 5) is 41.1. The van der Waals surface area contributed by atoms with Crippen molar-refractivity contribution in [2.45, 2.75) is 57.0 Å². The number of carbonyl (C=O) groups is 3. The standard InChI is InChI=1S/C27H30N4O4/c32-24-9-8-22(25(33)29-24)31-16-21-19(5-3-6-20(21)26(31)34)15-30-12-10-27(11-13-30)17-28-14-18-4-1-2-7-23(18)35-27/h1-7,22,28H,8-17H2,(H,29,32,33). The molecule has 6 rings (SSSR count). The van der Waals surface area contributed by atoms with Crippen molar-refractivity contribution in [3.05, 3.63) is 64.7 Å². The van der Waals surface area contributed by atoms with Crippen LogP contribution in [0.5, 0.6) is 5.75 Å². The fourth-order valence-corrected chi connectivity index (χ4v) is 5.88. The SMILES string of the molecule is O=C1CCC(N2Cc3c(CN4CCC5(CC4)CNCc4ccccc4O5)cccc3C2=O)C(=O)N1. The van der Waals surface area contributed by atoms with E-state index in [-0.39, 0.29) is 29.7 Å². The summed E-state index contributed by atoms with van der Waals surface area (Å²) >= 11 is 0. The van der Waals surface area contributed by atoms with Crippen LogP contribution >= 0.6 is 0 Å². The molecule has 2 aromatic carbocycles. The van der Waals surface area contributed by atoms with Crippen molar-refractivity contribution in [1.82, 2.24) is 20.4 Å². The molecule has 0 bridgehead atoms. The van der Waals surface area contributed by atoms with Crippen molar-refractivity contribution < 1.29 is 19.1 Å². The van der Waals surface area contributed by atoms with Gasteiger partial charge in [-0.1, -0.05) is 30.3 Å². The number of nitrogens with zero attached hydrogens (tertiary/aromatic N) is 2. The molecule has 2 N–H and O–H groups in total. The van der Waals surface area contributed by atoms with Gasteiger partial charge in [-0.25, -0.2) is 0 Å². The van der Waals surface area contributed by atoms with Gasteiger partial charge in [-0.2, -0.15) is 0 Å². The topological polar surface area (TPSA) is 91.0 Å². The minimum absolute atomic E-state index is 0.120. The number of carbonyl (C=O) groups excluding carboxylic acids is 3. The molecule has 1 spiro atoms. The molecule has 2 aromatic rings. The number of para-hydroxylation sites is 1. The van der Waals surface area contributed by atoms with Crippen LogP contribution in [0.15, 0.2) is 42.5 Å². The van der Waals surface area contributed by atoms with Crippen LogP contribution in [0, 0.1) is 0 Å². The van der Waals surface area contributed by atoms with E-state index >= 15 is 0 Å². The van der Waals surface area contributed by atoms with E-state index in [0.29, 0.717) is 18.5 Å². The van der Waals surface area contributed by atoms with Crippen LogP contribution in [0.4, 0.5) is 0 Å². The molecule has 4 heterocycles. The van der Waals surface area contributed by atoms with Gasteiger partial charge in [-0.15, -0.1) is 0 Å². The van der Waals surface area contributed by atoms with Gasteiger partial charge in [0.2, 0.25) is 11.8 Å². The third kappa shape index (κ3) is 4.10. The number of piperidine rings is 2.